The van der Waals surface area contributed by atoms with E-state index >= 15 is 0 Å². The summed E-state index contributed by atoms with van der Waals surface area (Å²) in [5.41, 5.74) is 16.2. The van der Waals surface area contributed by atoms with Crippen molar-refractivity contribution in [2.24, 2.45) is 29.4 Å². The largest absolute Gasteiger partial charge is 0.402 e. The van der Waals surface area contributed by atoms with Crippen molar-refractivity contribution in [1.29, 1.82) is 0 Å². The molecule has 0 bridgehead atoms. The highest BCUT2D eigenvalue weighted by Crippen LogP contribution is 2.31. The van der Waals surface area contributed by atoms with E-state index in [9.17, 15) is 4.79 Å². The van der Waals surface area contributed by atoms with Gasteiger partial charge in [0.2, 0.25) is 0 Å². The molecule has 0 amide bonds. The van der Waals surface area contributed by atoms with Crippen molar-refractivity contribution in [3.63, 3.8) is 0 Å². The Hall–Kier alpha value is -3.18. The van der Waals surface area contributed by atoms with Gasteiger partial charge in [-0.2, -0.15) is 5.10 Å². The van der Waals surface area contributed by atoms with E-state index < -0.39 is 0 Å². The van der Waals surface area contributed by atoms with Gasteiger partial charge in [-0.1, -0.05) is 0 Å². The molecule has 0 aliphatic heterocycles. The first-order chi connectivity index (χ1) is 13.0. The maximum Gasteiger partial charge on any atom is 0.291 e. The number of hydrogen-bond donors (Lipinski definition) is 4. The Kier molecular flexibility index (Phi) is 5.23. The number of aryl methyl sites for hydroxylation is 1. The summed E-state index contributed by atoms with van der Waals surface area (Å²) in [4.78, 5) is 21.3. The van der Waals surface area contributed by atoms with E-state index in [4.69, 9.17) is 17.3 Å². The summed E-state index contributed by atoms with van der Waals surface area (Å²) in [5.74, 6) is 5.20. The Labute approximate surface area is 158 Å². The molecule has 0 radical (unpaired) electrons. The molecular formula is C16H21N9OS. The van der Waals surface area contributed by atoms with E-state index in [2.05, 4.69) is 20.5 Å². The molecule has 27 heavy (non-hydrogen) atoms. The van der Waals surface area contributed by atoms with Gasteiger partial charge in [-0.15, -0.1) is 11.3 Å². The summed E-state index contributed by atoms with van der Waals surface area (Å²) in [7, 11) is 3.49. The third-order valence-electron chi connectivity index (χ3n) is 3.96. The first kappa shape index (κ1) is 18.6. The Morgan fingerprint density at radius 2 is 2.19 bits per heavy atom. The molecule has 0 atom stereocenters. The highest BCUT2D eigenvalue weighted by Gasteiger charge is 2.18. The monoisotopic (exact) mass is 387 g/mol. The van der Waals surface area contributed by atoms with E-state index in [0.717, 1.165) is 20.7 Å². The van der Waals surface area contributed by atoms with Gasteiger partial charge in [0.15, 0.2) is 5.65 Å². The Balaban J connectivity index is 2.05. The van der Waals surface area contributed by atoms with Gasteiger partial charge in [0, 0.05) is 49.7 Å². The summed E-state index contributed by atoms with van der Waals surface area (Å²) in [5, 5.41) is 5.85. The average Bonchev–Trinajstić information content (AvgIpc) is 3.14. The van der Waals surface area contributed by atoms with Crippen LogP contribution < -0.4 is 28.3 Å². The van der Waals surface area contributed by atoms with Crippen molar-refractivity contribution in [1.82, 2.24) is 24.8 Å². The molecule has 7 N–H and O–H groups in total. The quantitative estimate of drug-likeness (QED) is 0.257. The second-order valence-electron chi connectivity index (χ2n) is 5.90. The molecule has 3 rings (SSSR count). The molecule has 0 aliphatic carbocycles. The van der Waals surface area contributed by atoms with Crippen molar-refractivity contribution in [2.75, 3.05) is 7.05 Å². The fourth-order valence-electron chi connectivity index (χ4n) is 2.75. The number of rotatable bonds is 6. The van der Waals surface area contributed by atoms with E-state index in [0.29, 0.717) is 23.3 Å². The third-order valence-corrected chi connectivity index (χ3v) is 5.04. The number of hydrogen-bond acceptors (Lipinski definition) is 9. The van der Waals surface area contributed by atoms with Gasteiger partial charge in [-0.3, -0.25) is 15.6 Å². The van der Waals surface area contributed by atoms with Crippen molar-refractivity contribution >= 4 is 38.8 Å². The number of nitrogens with two attached hydrogens (primary N) is 3. The van der Waals surface area contributed by atoms with E-state index in [-0.39, 0.29) is 12.1 Å². The zero-order valence-corrected chi connectivity index (χ0v) is 15.8. The van der Waals surface area contributed by atoms with Crippen molar-refractivity contribution in [2.45, 2.75) is 13.0 Å². The molecule has 11 heteroatoms. The molecule has 0 unspecified atom stereocenters. The van der Waals surface area contributed by atoms with Crippen LogP contribution in [0.15, 0.2) is 39.7 Å². The van der Waals surface area contributed by atoms with Crippen LogP contribution in [-0.2, 0) is 20.0 Å². The number of allylic oxidation sites excluding steroid dienone is 3. The number of hydrazine groups is 1. The highest BCUT2D eigenvalue weighted by atomic mass is 32.1. The smallest absolute Gasteiger partial charge is 0.291 e. The summed E-state index contributed by atoms with van der Waals surface area (Å²) in [6, 6.07) is 0. The third kappa shape index (κ3) is 3.55. The fourth-order valence-corrected chi connectivity index (χ4v) is 3.89. The van der Waals surface area contributed by atoms with E-state index in [1.54, 1.807) is 30.1 Å². The van der Waals surface area contributed by atoms with Gasteiger partial charge in [0.1, 0.15) is 10.5 Å². The molecule has 3 aromatic heterocycles. The van der Waals surface area contributed by atoms with Crippen LogP contribution in [0.4, 0.5) is 0 Å². The number of aliphatic imine (C=N–C) groups is 1. The summed E-state index contributed by atoms with van der Waals surface area (Å²) in [6.07, 6.45) is 6.98. The molecule has 0 saturated carbocycles. The van der Waals surface area contributed by atoms with Crippen LogP contribution >= 0.6 is 11.3 Å². The Bertz CT molecular complexity index is 1130. The lowest BCUT2D eigenvalue weighted by Crippen LogP contribution is -2.27. The SMILES string of the molecule is CN=CC=C(N)Cc1nc2c(s1)c1cnn(C/C(N)=C/NN)c(=O)c1n2C. The van der Waals surface area contributed by atoms with Crippen LogP contribution in [-0.4, -0.2) is 32.6 Å². The molecule has 0 aliphatic rings. The predicted octanol–water partition coefficient (Wildman–Crippen LogP) is -0.306. The van der Waals surface area contributed by atoms with E-state index in [1.165, 1.54) is 22.2 Å². The number of fused-ring (bicyclic) bond motifs is 3. The lowest BCUT2D eigenvalue weighted by Gasteiger charge is -2.06. The number of aromatic nitrogens is 4. The van der Waals surface area contributed by atoms with Crippen molar-refractivity contribution in [3.8, 4) is 0 Å². The number of thiazole rings is 1. The van der Waals surface area contributed by atoms with Gasteiger partial charge < -0.3 is 21.5 Å². The minimum Gasteiger partial charge on any atom is -0.402 e. The first-order valence-corrected chi connectivity index (χ1v) is 8.89. The average molecular weight is 387 g/mol. The Morgan fingerprint density at radius 1 is 1.41 bits per heavy atom. The lowest BCUT2D eigenvalue weighted by atomic mass is 10.3. The van der Waals surface area contributed by atoms with Crippen LogP contribution in [0, 0.1) is 0 Å². The molecule has 3 heterocycles. The van der Waals surface area contributed by atoms with E-state index in [1.807, 2.05) is 7.05 Å². The van der Waals surface area contributed by atoms with Crippen LogP contribution in [0.3, 0.4) is 0 Å². The maximum absolute atomic E-state index is 12.8. The van der Waals surface area contributed by atoms with Crippen LogP contribution in [0.2, 0.25) is 0 Å². The minimum atomic E-state index is -0.242. The summed E-state index contributed by atoms with van der Waals surface area (Å²) >= 11 is 1.50. The van der Waals surface area contributed by atoms with Gasteiger partial charge in [-0.05, 0) is 6.08 Å². The molecule has 142 valence electrons. The van der Waals surface area contributed by atoms with Gasteiger partial charge >= 0.3 is 0 Å². The second-order valence-corrected chi connectivity index (χ2v) is 6.98. The molecule has 0 fully saturated rings. The van der Waals surface area contributed by atoms with Crippen molar-refractivity contribution < 1.29 is 0 Å². The van der Waals surface area contributed by atoms with Crippen LogP contribution in [0.1, 0.15) is 5.01 Å². The van der Waals surface area contributed by atoms with Gasteiger partial charge in [0.05, 0.1) is 17.4 Å². The summed E-state index contributed by atoms with van der Waals surface area (Å²) in [6.45, 7) is 0.136. The maximum atomic E-state index is 12.8. The zero-order valence-electron chi connectivity index (χ0n) is 15.0. The molecule has 10 nitrogen and oxygen atoms in total. The predicted molar refractivity (Wildman–Crippen MR) is 108 cm³/mol. The van der Waals surface area contributed by atoms with Crippen molar-refractivity contribution in [3.05, 3.63) is 45.2 Å². The van der Waals surface area contributed by atoms with Crippen LogP contribution in [0.5, 0.6) is 0 Å². The number of nitrogens with zero attached hydrogens (tertiary/aromatic N) is 5. The lowest BCUT2D eigenvalue weighted by molar-refractivity contribution is 0.628. The van der Waals surface area contributed by atoms with Crippen LogP contribution in [0.25, 0.3) is 21.3 Å². The van der Waals surface area contributed by atoms with Gasteiger partial charge in [0.25, 0.3) is 5.56 Å². The normalized spacial score (nSPS) is 13.3. The minimum absolute atomic E-state index is 0.136. The summed E-state index contributed by atoms with van der Waals surface area (Å²) < 4.78 is 3.98. The number of nitrogens with one attached hydrogen (secondary N) is 1. The Morgan fingerprint density at radius 3 is 2.89 bits per heavy atom. The highest BCUT2D eigenvalue weighted by molar-refractivity contribution is 7.19. The molecule has 0 spiro atoms. The standard InChI is InChI=1S/C16H21N9OS/c1-20-4-3-9(17)5-12-23-15-14(27-12)11-7-22-25(8-10(18)6-21-19)16(26)13(11)24(15)2/h3-4,6-7,21H,5,8,17-19H2,1-2H3/b9-3?,10-6-,20-4?. The van der Waals surface area contributed by atoms with Gasteiger partial charge in [-0.25, -0.2) is 9.67 Å². The molecule has 3 aromatic rings. The first-order valence-electron chi connectivity index (χ1n) is 8.07. The molecular weight excluding hydrogens is 366 g/mol. The molecule has 0 saturated heterocycles. The second kappa shape index (κ2) is 7.60. The zero-order chi connectivity index (χ0) is 19.6. The molecule has 0 aromatic carbocycles. The fraction of sp³-hybridized carbons (Fsp3) is 0.250. The topological polar surface area (TPSA) is 155 Å².